The van der Waals surface area contributed by atoms with Gasteiger partial charge in [0.2, 0.25) is 0 Å². The quantitative estimate of drug-likeness (QED) is 0.757. The average molecular weight is 331 g/mol. The highest BCUT2D eigenvalue weighted by Gasteiger charge is 2.24. The third-order valence-electron chi connectivity index (χ3n) is 4.27. The summed E-state index contributed by atoms with van der Waals surface area (Å²) in [7, 11) is 0. The van der Waals surface area contributed by atoms with E-state index in [1.807, 2.05) is 6.92 Å². The number of aliphatic hydroxyl groups is 1. The minimum Gasteiger partial charge on any atom is -0.492 e. The monoisotopic (exact) mass is 330 g/mol. The topological polar surface area (TPSA) is 29.5 Å². The largest absolute Gasteiger partial charge is 0.492 e. The highest BCUT2D eigenvalue weighted by molar-refractivity contribution is 6.34. The molecule has 1 aliphatic rings. The van der Waals surface area contributed by atoms with E-state index in [1.54, 1.807) is 12.1 Å². The van der Waals surface area contributed by atoms with Crippen molar-refractivity contribution in [3.63, 3.8) is 0 Å². The molecule has 1 fully saturated rings. The Kier molecular flexibility index (Phi) is 6.66. The van der Waals surface area contributed by atoms with Crippen molar-refractivity contribution in [2.45, 2.75) is 58.0 Å². The van der Waals surface area contributed by atoms with Gasteiger partial charge in [0.1, 0.15) is 5.75 Å². The maximum atomic E-state index is 10.7. The second-order valence-corrected chi connectivity index (χ2v) is 6.60. The van der Waals surface area contributed by atoms with Crippen molar-refractivity contribution in [2.24, 2.45) is 5.92 Å². The van der Waals surface area contributed by atoms with Crippen molar-refractivity contribution >= 4 is 23.2 Å². The zero-order chi connectivity index (χ0) is 15.2. The first-order valence-electron chi connectivity index (χ1n) is 7.93. The summed E-state index contributed by atoms with van der Waals surface area (Å²) in [5.74, 6) is 0.856. The molecule has 1 aromatic rings. The summed E-state index contributed by atoms with van der Waals surface area (Å²) in [6.07, 6.45) is 7.79. The first kappa shape index (κ1) is 16.9. The maximum absolute atomic E-state index is 10.7. The molecule has 0 amide bonds. The summed E-state index contributed by atoms with van der Waals surface area (Å²) in [6, 6.07) is 3.48. The Bertz CT molecular complexity index is 454. The number of rotatable bonds is 4. The summed E-state index contributed by atoms with van der Waals surface area (Å²) in [4.78, 5) is 0. The van der Waals surface area contributed by atoms with E-state index >= 15 is 0 Å². The van der Waals surface area contributed by atoms with Crippen LogP contribution in [0.5, 0.6) is 5.75 Å². The third kappa shape index (κ3) is 4.51. The molecular formula is C17H24Cl2O2. The molecule has 1 aromatic carbocycles. The molecule has 0 saturated heterocycles. The van der Waals surface area contributed by atoms with E-state index in [4.69, 9.17) is 27.9 Å². The molecule has 0 radical (unpaired) electrons. The fourth-order valence-corrected chi connectivity index (χ4v) is 3.59. The van der Waals surface area contributed by atoms with Gasteiger partial charge in [-0.15, -0.1) is 0 Å². The standard InChI is InChI=1S/C17H24Cl2O2/c1-2-21-16-11-14(18)13(10-15(16)19)17(20)12-8-6-4-3-5-7-9-12/h10-12,17,20H,2-9H2,1H3. The number of aliphatic hydroxyl groups excluding tert-OH is 1. The molecule has 1 aliphatic carbocycles. The van der Waals surface area contributed by atoms with E-state index in [9.17, 15) is 5.11 Å². The van der Waals surface area contributed by atoms with Gasteiger partial charge in [0.15, 0.2) is 0 Å². The van der Waals surface area contributed by atoms with Crippen LogP contribution >= 0.6 is 23.2 Å². The fraction of sp³-hybridized carbons (Fsp3) is 0.647. The van der Waals surface area contributed by atoms with Crippen LogP contribution in [0.2, 0.25) is 10.0 Å². The molecule has 0 spiro atoms. The second-order valence-electron chi connectivity index (χ2n) is 5.79. The van der Waals surface area contributed by atoms with Crippen molar-refractivity contribution < 1.29 is 9.84 Å². The molecule has 1 unspecified atom stereocenters. The Morgan fingerprint density at radius 2 is 1.71 bits per heavy atom. The van der Waals surface area contributed by atoms with E-state index in [-0.39, 0.29) is 5.92 Å². The lowest BCUT2D eigenvalue weighted by Gasteiger charge is -2.26. The van der Waals surface area contributed by atoms with Crippen LogP contribution in [0, 0.1) is 5.92 Å². The minimum absolute atomic E-state index is 0.275. The van der Waals surface area contributed by atoms with Crippen LogP contribution in [0.1, 0.15) is 63.5 Å². The van der Waals surface area contributed by atoms with Crippen LogP contribution in [-0.2, 0) is 0 Å². The molecule has 118 valence electrons. The van der Waals surface area contributed by atoms with E-state index in [0.29, 0.717) is 22.4 Å². The summed E-state index contributed by atoms with van der Waals surface area (Å²) >= 11 is 12.6. The Hall–Kier alpha value is -0.440. The molecule has 0 heterocycles. The first-order valence-corrected chi connectivity index (χ1v) is 8.69. The summed E-state index contributed by atoms with van der Waals surface area (Å²) < 4.78 is 5.44. The molecule has 1 N–H and O–H groups in total. The van der Waals surface area contributed by atoms with Gasteiger partial charge in [0, 0.05) is 11.6 Å². The highest BCUT2D eigenvalue weighted by Crippen LogP contribution is 2.39. The lowest BCUT2D eigenvalue weighted by atomic mass is 9.84. The second kappa shape index (κ2) is 8.26. The molecule has 4 heteroatoms. The summed E-state index contributed by atoms with van der Waals surface area (Å²) in [5.41, 5.74) is 0.732. The van der Waals surface area contributed by atoms with Crippen molar-refractivity contribution in [3.8, 4) is 5.75 Å². The van der Waals surface area contributed by atoms with Crippen molar-refractivity contribution in [3.05, 3.63) is 27.7 Å². The Labute approximate surface area is 137 Å². The first-order chi connectivity index (χ1) is 10.1. The predicted octanol–water partition coefficient (Wildman–Crippen LogP) is 5.79. The van der Waals surface area contributed by atoms with Gasteiger partial charge in [-0.05, 0) is 31.7 Å². The lowest BCUT2D eigenvalue weighted by molar-refractivity contribution is 0.0913. The van der Waals surface area contributed by atoms with E-state index in [1.165, 1.54) is 32.1 Å². The number of hydrogen-bond acceptors (Lipinski definition) is 2. The van der Waals surface area contributed by atoms with E-state index < -0.39 is 6.10 Å². The number of benzene rings is 1. The molecular weight excluding hydrogens is 307 g/mol. The van der Waals surface area contributed by atoms with E-state index in [0.717, 1.165) is 18.4 Å². The van der Waals surface area contributed by atoms with Crippen molar-refractivity contribution in [1.29, 1.82) is 0 Å². The number of hydrogen-bond donors (Lipinski definition) is 1. The van der Waals surface area contributed by atoms with Gasteiger partial charge in [-0.2, -0.15) is 0 Å². The molecule has 2 rings (SSSR count). The van der Waals surface area contributed by atoms with Crippen LogP contribution in [-0.4, -0.2) is 11.7 Å². The lowest BCUT2D eigenvalue weighted by Crippen LogP contribution is -2.15. The van der Waals surface area contributed by atoms with E-state index in [2.05, 4.69) is 0 Å². The molecule has 2 nitrogen and oxygen atoms in total. The predicted molar refractivity (Wildman–Crippen MR) is 88.4 cm³/mol. The van der Waals surface area contributed by atoms with Gasteiger partial charge in [0.25, 0.3) is 0 Å². The minimum atomic E-state index is -0.538. The fourth-order valence-electron chi connectivity index (χ4n) is 3.09. The molecule has 21 heavy (non-hydrogen) atoms. The van der Waals surface area contributed by atoms with Crippen LogP contribution < -0.4 is 4.74 Å². The zero-order valence-corrected chi connectivity index (χ0v) is 14.1. The molecule has 0 aromatic heterocycles. The summed E-state index contributed by atoms with van der Waals surface area (Å²) in [5, 5.41) is 11.8. The van der Waals surface area contributed by atoms with Gasteiger partial charge in [0.05, 0.1) is 22.8 Å². The number of halogens is 2. The van der Waals surface area contributed by atoms with Gasteiger partial charge in [-0.1, -0.05) is 55.3 Å². The summed E-state index contributed by atoms with van der Waals surface area (Å²) in [6.45, 7) is 2.45. The average Bonchev–Trinajstić information content (AvgIpc) is 2.42. The van der Waals surface area contributed by atoms with Gasteiger partial charge in [-0.3, -0.25) is 0 Å². The van der Waals surface area contributed by atoms with Gasteiger partial charge < -0.3 is 9.84 Å². The Morgan fingerprint density at radius 3 is 2.33 bits per heavy atom. The Balaban J connectivity index is 2.17. The smallest absolute Gasteiger partial charge is 0.139 e. The van der Waals surface area contributed by atoms with Crippen molar-refractivity contribution in [1.82, 2.24) is 0 Å². The normalized spacial score (nSPS) is 18.9. The van der Waals surface area contributed by atoms with Crippen LogP contribution in [0.15, 0.2) is 12.1 Å². The van der Waals surface area contributed by atoms with Gasteiger partial charge >= 0.3 is 0 Å². The SMILES string of the molecule is CCOc1cc(Cl)c(C(O)C2CCCCCCC2)cc1Cl. The molecule has 0 bridgehead atoms. The molecule has 0 aliphatic heterocycles. The Morgan fingerprint density at radius 1 is 1.10 bits per heavy atom. The molecule has 1 saturated carbocycles. The van der Waals surface area contributed by atoms with Crippen LogP contribution in [0.3, 0.4) is 0 Å². The van der Waals surface area contributed by atoms with Crippen molar-refractivity contribution in [2.75, 3.05) is 6.61 Å². The van der Waals surface area contributed by atoms with Crippen LogP contribution in [0.4, 0.5) is 0 Å². The maximum Gasteiger partial charge on any atom is 0.139 e. The zero-order valence-electron chi connectivity index (χ0n) is 12.6. The van der Waals surface area contributed by atoms with Gasteiger partial charge in [-0.25, -0.2) is 0 Å². The highest BCUT2D eigenvalue weighted by atomic mass is 35.5. The molecule has 1 atom stereocenters. The number of ether oxygens (including phenoxy) is 1. The van der Waals surface area contributed by atoms with Crippen LogP contribution in [0.25, 0.3) is 0 Å². The third-order valence-corrected chi connectivity index (χ3v) is 4.89.